The van der Waals surface area contributed by atoms with Crippen LogP contribution in [0.5, 0.6) is 0 Å². The third-order valence-electron chi connectivity index (χ3n) is 5.71. The summed E-state index contributed by atoms with van der Waals surface area (Å²) >= 11 is 6.51. The molecule has 2 N–H and O–H groups in total. The molecule has 0 spiro atoms. The number of nitrogens with zero attached hydrogens (tertiary/aromatic N) is 4. The summed E-state index contributed by atoms with van der Waals surface area (Å²) in [5, 5.41) is 22.2. The molecule has 3 heterocycles. The fourth-order valence-electron chi connectivity index (χ4n) is 4.07. The molecule has 0 amide bonds. The van der Waals surface area contributed by atoms with Crippen LogP contribution in [0.1, 0.15) is 60.5 Å². The minimum absolute atomic E-state index is 0.121. The maximum absolute atomic E-state index is 11.2. The molecule has 7 nitrogen and oxygen atoms in total. The van der Waals surface area contributed by atoms with Crippen LogP contribution in [0.2, 0.25) is 5.15 Å². The molecule has 2 aromatic heterocycles. The smallest absolute Gasteiger partial charge is 0.167 e. The molecule has 1 fully saturated rings. The van der Waals surface area contributed by atoms with Crippen molar-refractivity contribution in [3.8, 4) is 0 Å². The molecule has 2 aromatic carbocycles. The molecule has 32 heavy (non-hydrogen) atoms. The molecule has 3 unspecified atom stereocenters. The standard InChI is InChI=1S/C24H23ClN4O3/c25-21-18-23(28-22(27-21)19(30)15-9-3-1-4-10-15)29(17-13-7-8-14-32-17)24(26-18)20(31)16-11-5-2-6-12-16/h1-6,9-12,17,19-20,30-31H,7-8,13-14H2. The Bertz CT molecular complexity index is 1210. The van der Waals surface area contributed by atoms with Crippen molar-refractivity contribution in [1.82, 2.24) is 19.5 Å². The number of halogens is 1. The first-order valence-corrected chi connectivity index (χ1v) is 11.0. The van der Waals surface area contributed by atoms with Crippen molar-refractivity contribution >= 4 is 22.8 Å². The average molecular weight is 451 g/mol. The van der Waals surface area contributed by atoms with Crippen LogP contribution in [-0.2, 0) is 4.74 Å². The first-order valence-electron chi connectivity index (χ1n) is 10.7. The van der Waals surface area contributed by atoms with E-state index in [-0.39, 0.29) is 17.2 Å². The second-order valence-electron chi connectivity index (χ2n) is 7.83. The molecule has 4 aromatic rings. The van der Waals surface area contributed by atoms with Gasteiger partial charge in [-0.15, -0.1) is 0 Å². The zero-order valence-corrected chi connectivity index (χ0v) is 18.1. The predicted molar refractivity (Wildman–Crippen MR) is 120 cm³/mol. The first-order chi connectivity index (χ1) is 15.6. The van der Waals surface area contributed by atoms with E-state index in [0.717, 1.165) is 19.3 Å². The van der Waals surface area contributed by atoms with Crippen molar-refractivity contribution in [1.29, 1.82) is 0 Å². The Kier molecular flexibility index (Phi) is 5.89. The van der Waals surface area contributed by atoms with E-state index in [9.17, 15) is 10.2 Å². The Labute approximate surface area is 190 Å². The van der Waals surface area contributed by atoms with Crippen LogP contribution in [0.3, 0.4) is 0 Å². The summed E-state index contributed by atoms with van der Waals surface area (Å²) < 4.78 is 7.83. The number of aliphatic hydroxyl groups is 2. The summed E-state index contributed by atoms with van der Waals surface area (Å²) in [6.45, 7) is 0.615. The maximum atomic E-state index is 11.2. The Hall–Kier alpha value is -2.84. The Morgan fingerprint density at radius 2 is 1.53 bits per heavy atom. The summed E-state index contributed by atoms with van der Waals surface area (Å²) in [4.78, 5) is 13.6. The van der Waals surface area contributed by atoms with Gasteiger partial charge in [0.2, 0.25) is 0 Å². The van der Waals surface area contributed by atoms with Gasteiger partial charge in [-0.05, 0) is 30.4 Å². The number of aliphatic hydroxyl groups excluding tert-OH is 2. The summed E-state index contributed by atoms with van der Waals surface area (Å²) in [5.74, 6) is 0.562. The van der Waals surface area contributed by atoms with Gasteiger partial charge < -0.3 is 14.9 Å². The van der Waals surface area contributed by atoms with E-state index in [1.54, 1.807) is 16.7 Å². The number of hydrogen-bond donors (Lipinski definition) is 2. The SMILES string of the molecule is OC(c1ccccc1)c1nc(Cl)c2nc(C(O)c3ccccc3)n(C3CCCCO3)c2n1. The highest BCUT2D eigenvalue weighted by atomic mass is 35.5. The number of fused-ring (bicyclic) bond motifs is 1. The lowest BCUT2D eigenvalue weighted by molar-refractivity contribution is -0.0340. The molecule has 3 atom stereocenters. The maximum Gasteiger partial charge on any atom is 0.167 e. The summed E-state index contributed by atoms with van der Waals surface area (Å²) in [7, 11) is 0. The number of ether oxygens (including phenoxy) is 1. The predicted octanol–water partition coefficient (Wildman–Crippen LogP) is 4.34. The fourth-order valence-corrected chi connectivity index (χ4v) is 4.28. The molecule has 1 aliphatic heterocycles. The van der Waals surface area contributed by atoms with Crippen LogP contribution in [0.15, 0.2) is 60.7 Å². The molecule has 1 aliphatic rings. The number of aromatic nitrogens is 4. The average Bonchev–Trinajstić information content (AvgIpc) is 3.25. The zero-order chi connectivity index (χ0) is 22.1. The second kappa shape index (κ2) is 8.96. The van der Waals surface area contributed by atoms with Crippen LogP contribution >= 0.6 is 11.6 Å². The summed E-state index contributed by atoms with van der Waals surface area (Å²) in [6, 6.07) is 18.5. The fraction of sp³-hybridized carbons (Fsp3) is 0.292. The molecule has 5 rings (SSSR count). The van der Waals surface area contributed by atoms with E-state index in [4.69, 9.17) is 16.3 Å². The molecule has 8 heteroatoms. The Balaban J connectivity index is 1.67. The topological polar surface area (TPSA) is 93.3 Å². The van der Waals surface area contributed by atoms with Crippen molar-refractivity contribution in [3.63, 3.8) is 0 Å². The van der Waals surface area contributed by atoms with Crippen molar-refractivity contribution in [3.05, 3.63) is 88.6 Å². The highest BCUT2D eigenvalue weighted by molar-refractivity contribution is 6.33. The van der Waals surface area contributed by atoms with E-state index in [2.05, 4.69) is 15.0 Å². The first kappa shape index (κ1) is 21.0. The second-order valence-corrected chi connectivity index (χ2v) is 8.19. The van der Waals surface area contributed by atoms with E-state index < -0.39 is 12.2 Å². The van der Waals surface area contributed by atoms with Gasteiger partial charge in [-0.3, -0.25) is 4.57 Å². The third kappa shape index (κ3) is 3.89. The van der Waals surface area contributed by atoms with Gasteiger partial charge in [0.05, 0.1) is 0 Å². The van der Waals surface area contributed by atoms with Crippen LogP contribution in [-0.4, -0.2) is 36.3 Å². The largest absolute Gasteiger partial charge is 0.380 e. The van der Waals surface area contributed by atoms with E-state index in [0.29, 0.717) is 34.7 Å². The molecule has 0 saturated carbocycles. The lowest BCUT2D eigenvalue weighted by Gasteiger charge is -2.26. The highest BCUT2D eigenvalue weighted by Crippen LogP contribution is 2.35. The third-order valence-corrected chi connectivity index (χ3v) is 5.97. The monoisotopic (exact) mass is 450 g/mol. The van der Waals surface area contributed by atoms with Crippen LogP contribution in [0.25, 0.3) is 11.2 Å². The molecule has 164 valence electrons. The molecule has 0 bridgehead atoms. The number of hydrogen-bond acceptors (Lipinski definition) is 6. The van der Waals surface area contributed by atoms with Crippen molar-refractivity contribution in [2.24, 2.45) is 0 Å². The highest BCUT2D eigenvalue weighted by Gasteiger charge is 2.29. The Morgan fingerprint density at radius 1 is 0.875 bits per heavy atom. The van der Waals surface area contributed by atoms with Gasteiger partial charge in [0.15, 0.2) is 16.6 Å². The Morgan fingerprint density at radius 3 is 2.16 bits per heavy atom. The van der Waals surface area contributed by atoms with Crippen molar-refractivity contribution in [2.75, 3.05) is 6.61 Å². The zero-order valence-electron chi connectivity index (χ0n) is 17.3. The quantitative estimate of drug-likeness (QED) is 0.439. The van der Waals surface area contributed by atoms with E-state index >= 15 is 0 Å². The molecule has 0 radical (unpaired) electrons. The van der Waals surface area contributed by atoms with E-state index in [1.165, 1.54) is 0 Å². The molecule has 1 saturated heterocycles. The number of imidazole rings is 1. The number of rotatable bonds is 5. The minimum Gasteiger partial charge on any atom is -0.380 e. The van der Waals surface area contributed by atoms with E-state index in [1.807, 2.05) is 48.5 Å². The van der Waals surface area contributed by atoms with Crippen molar-refractivity contribution < 1.29 is 14.9 Å². The van der Waals surface area contributed by atoms with Gasteiger partial charge in [-0.2, -0.15) is 0 Å². The molecule has 0 aliphatic carbocycles. The van der Waals surface area contributed by atoms with Crippen LogP contribution in [0, 0.1) is 0 Å². The van der Waals surface area contributed by atoms with Gasteiger partial charge >= 0.3 is 0 Å². The van der Waals surface area contributed by atoms with Gasteiger partial charge in [-0.1, -0.05) is 72.3 Å². The molecular weight excluding hydrogens is 428 g/mol. The summed E-state index contributed by atoms with van der Waals surface area (Å²) in [6.07, 6.45) is 0.357. The minimum atomic E-state index is -1.05. The number of benzene rings is 2. The lowest BCUT2D eigenvalue weighted by Crippen LogP contribution is -2.22. The summed E-state index contributed by atoms with van der Waals surface area (Å²) in [5.41, 5.74) is 2.17. The van der Waals surface area contributed by atoms with Crippen LogP contribution < -0.4 is 0 Å². The van der Waals surface area contributed by atoms with Gasteiger partial charge in [-0.25, -0.2) is 15.0 Å². The lowest BCUT2D eigenvalue weighted by atomic mass is 10.1. The van der Waals surface area contributed by atoms with Crippen molar-refractivity contribution in [2.45, 2.75) is 37.7 Å². The normalized spacial score (nSPS) is 18.5. The van der Waals surface area contributed by atoms with Gasteiger partial charge in [0.1, 0.15) is 29.8 Å². The molecular formula is C24H23ClN4O3. The van der Waals surface area contributed by atoms with Gasteiger partial charge in [0, 0.05) is 6.61 Å². The van der Waals surface area contributed by atoms with Gasteiger partial charge in [0.25, 0.3) is 0 Å². The van der Waals surface area contributed by atoms with Crippen LogP contribution in [0.4, 0.5) is 0 Å².